The number of hydrogen-bond donors (Lipinski definition) is 1. The monoisotopic (exact) mass is 528 g/mol. The molecule has 0 aliphatic carbocycles. The van der Waals surface area contributed by atoms with Gasteiger partial charge in [0.05, 0.1) is 13.2 Å². The highest BCUT2D eigenvalue weighted by atomic mass is 31.1. The molecule has 0 spiro atoms. The minimum Gasteiger partial charge on any atom is -0.507 e. The van der Waals surface area contributed by atoms with Crippen LogP contribution in [0, 0.1) is 6.92 Å². The molecule has 0 saturated heterocycles. The highest BCUT2D eigenvalue weighted by Crippen LogP contribution is 2.45. The highest BCUT2D eigenvalue weighted by molar-refractivity contribution is 7.80. The highest BCUT2D eigenvalue weighted by Gasteiger charge is 2.31. The van der Waals surface area contributed by atoms with Crippen LogP contribution in [0.5, 0.6) is 17.2 Å². The van der Waals surface area contributed by atoms with Crippen molar-refractivity contribution in [2.45, 2.75) is 46.3 Å². The van der Waals surface area contributed by atoms with Crippen LogP contribution in [0.4, 0.5) is 0 Å². The molecule has 198 valence electrons. The number of aromatic hydroxyl groups is 1. The Morgan fingerprint density at radius 3 is 1.92 bits per heavy atom. The van der Waals surface area contributed by atoms with Crippen LogP contribution >= 0.6 is 7.92 Å². The lowest BCUT2D eigenvalue weighted by molar-refractivity contribution is 0.181. The first-order valence-corrected chi connectivity index (χ1v) is 14.1. The SMILES string of the molecule is COCc1cccc(COC)c1P(c1cccc(C(C)(C)C)c1O)c1c(C)cccc1Oc1ccccc1. The van der Waals surface area contributed by atoms with Gasteiger partial charge in [0.25, 0.3) is 0 Å². The second kappa shape index (κ2) is 12.1. The van der Waals surface area contributed by atoms with Crippen LogP contribution in [-0.4, -0.2) is 19.3 Å². The predicted octanol–water partition coefficient (Wildman–Crippen LogP) is 6.84. The lowest BCUT2D eigenvalue weighted by Crippen LogP contribution is -2.30. The van der Waals surface area contributed by atoms with Crippen molar-refractivity contribution in [2.24, 2.45) is 0 Å². The summed E-state index contributed by atoms with van der Waals surface area (Å²) in [4.78, 5) is 0. The predicted molar refractivity (Wildman–Crippen MR) is 158 cm³/mol. The van der Waals surface area contributed by atoms with Gasteiger partial charge in [-0.25, -0.2) is 0 Å². The van der Waals surface area contributed by atoms with Crippen molar-refractivity contribution in [3.63, 3.8) is 0 Å². The molecular weight excluding hydrogens is 491 g/mol. The largest absolute Gasteiger partial charge is 0.507 e. The Labute approximate surface area is 228 Å². The molecule has 0 amide bonds. The third-order valence-electron chi connectivity index (χ3n) is 6.49. The fraction of sp³-hybridized carbons (Fsp3) is 0.273. The Morgan fingerprint density at radius 1 is 0.711 bits per heavy atom. The fourth-order valence-electron chi connectivity index (χ4n) is 4.76. The Balaban J connectivity index is 2.08. The van der Waals surface area contributed by atoms with Gasteiger partial charge in [-0.2, -0.15) is 0 Å². The molecule has 4 aromatic rings. The molecule has 0 aliphatic rings. The molecule has 0 saturated carbocycles. The molecular formula is C33H37O4P. The maximum atomic E-state index is 11.8. The van der Waals surface area contributed by atoms with Crippen LogP contribution < -0.4 is 20.7 Å². The molecule has 4 nitrogen and oxygen atoms in total. The average molecular weight is 529 g/mol. The van der Waals surface area contributed by atoms with E-state index < -0.39 is 7.92 Å². The summed E-state index contributed by atoms with van der Waals surface area (Å²) in [5, 5.41) is 14.9. The van der Waals surface area contributed by atoms with Crippen molar-refractivity contribution in [3.8, 4) is 17.2 Å². The summed E-state index contributed by atoms with van der Waals surface area (Å²) in [6, 6.07) is 28.4. The molecule has 1 atom stereocenters. The molecule has 0 radical (unpaired) electrons. The second-order valence-electron chi connectivity index (χ2n) is 10.4. The van der Waals surface area contributed by atoms with E-state index in [2.05, 4.69) is 58.0 Å². The molecule has 1 N–H and O–H groups in total. The van der Waals surface area contributed by atoms with Crippen molar-refractivity contribution in [1.82, 2.24) is 0 Å². The van der Waals surface area contributed by atoms with Gasteiger partial charge in [0.15, 0.2) is 0 Å². The van der Waals surface area contributed by atoms with Crippen LogP contribution in [0.2, 0.25) is 0 Å². The van der Waals surface area contributed by atoms with Gasteiger partial charge in [0.1, 0.15) is 17.2 Å². The number of aryl methyl sites for hydroxylation is 1. The van der Waals surface area contributed by atoms with E-state index in [4.69, 9.17) is 14.2 Å². The van der Waals surface area contributed by atoms with Crippen LogP contribution in [0.3, 0.4) is 0 Å². The molecule has 0 aromatic heterocycles. The summed E-state index contributed by atoms with van der Waals surface area (Å²) >= 11 is 0. The molecule has 38 heavy (non-hydrogen) atoms. The topological polar surface area (TPSA) is 47.9 Å². The number of rotatable bonds is 9. The van der Waals surface area contributed by atoms with Gasteiger partial charge in [-0.3, -0.25) is 0 Å². The molecule has 5 heteroatoms. The van der Waals surface area contributed by atoms with Gasteiger partial charge in [0, 0.05) is 24.8 Å². The molecule has 0 fully saturated rings. The second-order valence-corrected chi connectivity index (χ2v) is 12.4. The van der Waals surface area contributed by atoms with Crippen molar-refractivity contribution >= 4 is 23.8 Å². The quantitative estimate of drug-likeness (QED) is 0.242. The summed E-state index contributed by atoms with van der Waals surface area (Å²) in [6.07, 6.45) is 0. The van der Waals surface area contributed by atoms with Crippen molar-refractivity contribution in [1.29, 1.82) is 0 Å². The van der Waals surface area contributed by atoms with Crippen molar-refractivity contribution in [3.05, 3.63) is 107 Å². The lowest BCUT2D eigenvalue weighted by Gasteiger charge is -2.30. The maximum absolute atomic E-state index is 11.8. The maximum Gasteiger partial charge on any atom is 0.136 e. The molecule has 4 rings (SSSR count). The third kappa shape index (κ3) is 5.94. The molecule has 0 aliphatic heterocycles. The normalized spacial score (nSPS) is 12.4. The number of benzene rings is 4. The van der Waals surface area contributed by atoms with E-state index in [0.717, 1.165) is 49.7 Å². The number of phenols is 1. The van der Waals surface area contributed by atoms with E-state index in [1.54, 1.807) is 14.2 Å². The van der Waals surface area contributed by atoms with Gasteiger partial charge >= 0.3 is 0 Å². The van der Waals surface area contributed by atoms with Crippen LogP contribution in [0.25, 0.3) is 0 Å². The smallest absolute Gasteiger partial charge is 0.136 e. The minimum atomic E-state index is -1.27. The molecule has 1 unspecified atom stereocenters. The summed E-state index contributed by atoms with van der Waals surface area (Å²) < 4.78 is 17.9. The number of methoxy groups -OCH3 is 2. The van der Waals surface area contributed by atoms with Crippen molar-refractivity contribution in [2.75, 3.05) is 14.2 Å². The zero-order valence-corrected chi connectivity index (χ0v) is 24.0. The van der Waals surface area contributed by atoms with E-state index in [0.29, 0.717) is 19.0 Å². The number of ether oxygens (including phenoxy) is 3. The Morgan fingerprint density at radius 2 is 1.32 bits per heavy atom. The first-order valence-electron chi connectivity index (χ1n) is 12.8. The van der Waals surface area contributed by atoms with Crippen LogP contribution in [-0.2, 0) is 28.1 Å². The van der Waals surface area contributed by atoms with Gasteiger partial charge in [-0.1, -0.05) is 87.5 Å². The first-order chi connectivity index (χ1) is 18.3. The van der Waals surface area contributed by atoms with Gasteiger partial charge in [-0.05, 0) is 66.0 Å². The Kier molecular flexibility index (Phi) is 8.89. The lowest BCUT2D eigenvalue weighted by atomic mass is 9.86. The molecule has 0 bridgehead atoms. The first kappa shape index (κ1) is 27.9. The summed E-state index contributed by atoms with van der Waals surface area (Å²) in [5.41, 5.74) is 3.93. The summed E-state index contributed by atoms with van der Waals surface area (Å²) in [6.45, 7) is 9.39. The third-order valence-corrected chi connectivity index (χ3v) is 9.37. The minimum absolute atomic E-state index is 0.225. The molecule has 0 heterocycles. The van der Waals surface area contributed by atoms with Gasteiger partial charge < -0.3 is 19.3 Å². The summed E-state index contributed by atoms with van der Waals surface area (Å²) in [5.74, 6) is 1.87. The van der Waals surface area contributed by atoms with Gasteiger partial charge in [-0.15, -0.1) is 0 Å². The number of para-hydroxylation sites is 2. The van der Waals surface area contributed by atoms with E-state index >= 15 is 0 Å². The van der Waals surface area contributed by atoms with E-state index in [1.807, 2.05) is 54.6 Å². The number of hydrogen-bond acceptors (Lipinski definition) is 4. The zero-order chi connectivity index (χ0) is 27.3. The van der Waals surface area contributed by atoms with E-state index in [1.165, 1.54) is 0 Å². The van der Waals surface area contributed by atoms with Crippen molar-refractivity contribution < 1.29 is 19.3 Å². The number of phenolic OH excluding ortho intramolecular Hbond substituents is 1. The van der Waals surface area contributed by atoms with E-state index in [-0.39, 0.29) is 5.41 Å². The van der Waals surface area contributed by atoms with Gasteiger partial charge in [0.2, 0.25) is 0 Å². The van der Waals surface area contributed by atoms with Crippen LogP contribution in [0.15, 0.2) is 84.9 Å². The zero-order valence-electron chi connectivity index (χ0n) is 23.1. The van der Waals surface area contributed by atoms with E-state index in [9.17, 15) is 5.11 Å². The summed E-state index contributed by atoms with van der Waals surface area (Å²) in [7, 11) is 2.16. The standard InChI is InChI=1S/C33H37O4P/c1-23-13-10-19-28(37-26-16-8-7-9-17-26)31(23)38(29-20-12-18-27(30(29)34)33(2,3)4)32-24(21-35-5)14-11-15-25(32)22-36-6/h7-20,34H,21-22H2,1-6H3. The Bertz CT molecular complexity index is 1350. The fourth-order valence-corrected chi connectivity index (χ4v) is 7.66. The van der Waals surface area contributed by atoms with Crippen LogP contribution in [0.1, 0.15) is 43.0 Å². The molecule has 4 aromatic carbocycles. The average Bonchev–Trinajstić information content (AvgIpc) is 2.88. The Hall–Kier alpha value is -3.17.